The van der Waals surface area contributed by atoms with Crippen LogP contribution in [0.2, 0.25) is 0 Å². The molecule has 140 valence electrons. The Balaban J connectivity index is 2.19. The van der Waals surface area contributed by atoms with E-state index in [2.05, 4.69) is 20.6 Å². The van der Waals surface area contributed by atoms with Crippen molar-refractivity contribution in [1.82, 2.24) is 9.97 Å². The van der Waals surface area contributed by atoms with Crippen LogP contribution in [0, 0.1) is 0 Å². The van der Waals surface area contributed by atoms with Gasteiger partial charge in [-0.05, 0) is 20.8 Å². The number of carbonyl (C=O) groups excluding carboxylic acids is 1. The van der Waals surface area contributed by atoms with Crippen LogP contribution in [0.1, 0.15) is 31.1 Å². The first-order valence-electron chi connectivity index (χ1n) is 7.99. The summed E-state index contributed by atoms with van der Waals surface area (Å²) in [5.74, 6) is 1.46. The zero-order valence-electron chi connectivity index (χ0n) is 15.8. The van der Waals surface area contributed by atoms with Gasteiger partial charge >= 0.3 is 0 Å². The molecular formula is C18H24N4O4. The number of anilines is 2. The Hall–Kier alpha value is -3.03. The Bertz CT molecular complexity index is 745. The number of hydrogen-bond donors (Lipinski definition) is 2. The van der Waals surface area contributed by atoms with Crippen LogP contribution in [0.4, 0.5) is 11.6 Å². The third kappa shape index (κ3) is 4.75. The van der Waals surface area contributed by atoms with E-state index in [0.717, 1.165) is 0 Å². The summed E-state index contributed by atoms with van der Waals surface area (Å²) < 4.78 is 15.8. The molecule has 26 heavy (non-hydrogen) atoms. The number of benzene rings is 1. The average Bonchev–Trinajstić information content (AvgIpc) is 2.59. The van der Waals surface area contributed by atoms with Gasteiger partial charge in [0.25, 0.3) is 5.91 Å². The van der Waals surface area contributed by atoms with Crippen molar-refractivity contribution in [2.75, 3.05) is 32.0 Å². The monoisotopic (exact) mass is 360 g/mol. The number of rotatable bonds is 6. The van der Waals surface area contributed by atoms with Crippen molar-refractivity contribution < 1.29 is 19.0 Å². The van der Waals surface area contributed by atoms with E-state index in [1.165, 1.54) is 33.7 Å². The van der Waals surface area contributed by atoms with Crippen molar-refractivity contribution in [3.63, 3.8) is 0 Å². The Labute approximate surface area is 152 Å². The van der Waals surface area contributed by atoms with Gasteiger partial charge in [0.15, 0.2) is 11.5 Å². The Kier molecular flexibility index (Phi) is 5.86. The van der Waals surface area contributed by atoms with Gasteiger partial charge in [-0.25, -0.2) is 9.97 Å². The van der Waals surface area contributed by atoms with E-state index in [9.17, 15) is 4.79 Å². The molecule has 0 aliphatic carbocycles. The van der Waals surface area contributed by atoms with Gasteiger partial charge in [-0.2, -0.15) is 0 Å². The number of hydrogen-bond acceptors (Lipinski definition) is 7. The van der Waals surface area contributed by atoms with Crippen molar-refractivity contribution in [3.8, 4) is 17.2 Å². The summed E-state index contributed by atoms with van der Waals surface area (Å²) in [4.78, 5) is 20.8. The number of nitrogens with zero attached hydrogens (tertiary/aromatic N) is 2. The summed E-state index contributed by atoms with van der Waals surface area (Å²) in [6.45, 7) is 6.00. The van der Waals surface area contributed by atoms with Gasteiger partial charge < -0.3 is 24.8 Å². The van der Waals surface area contributed by atoms with Gasteiger partial charge in [-0.15, -0.1) is 0 Å². The summed E-state index contributed by atoms with van der Waals surface area (Å²) in [6.07, 6.45) is 2.93. The maximum absolute atomic E-state index is 12.4. The maximum Gasteiger partial charge on any atom is 0.258 e. The number of amides is 1. The molecule has 0 unspecified atom stereocenters. The number of ether oxygens (including phenoxy) is 3. The summed E-state index contributed by atoms with van der Waals surface area (Å²) >= 11 is 0. The lowest BCUT2D eigenvalue weighted by atomic mass is 10.1. The molecule has 8 heteroatoms. The topological polar surface area (TPSA) is 94.6 Å². The number of aromatic nitrogens is 2. The second-order valence-corrected chi connectivity index (χ2v) is 6.54. The van der Waals surface area contributed by atoms with Gasteiger partial charge in [-0.3, -0.25) is 4.79 Å². The molecule has 0 spiro atoms. The standard InChI is InChI=1S/C18H24N4O4/c1-18(2,3)22-17-19-9-11(10-20-17)16(23)21-12-7-13(24-4)15(26-6)14(8-12)25-5/h7-10H,1-6H3,(H,21,23)(H,19,20,22). The van der Waals surface area contributed by atoms with Crippen molar-refractivity contribution in [3.05, 3.63) is 30.1 Å². The molecule has 0 saturated carbocycles. The van der Waals surface area contributed by atoms with E-state index in [1.807, 2.05) is 20.8 Å². The molecule has 0 aliphatic rings. The van der Waals surface area contributed by atoms with Crippen molar-refractivity contribution in [2.24, 2.45) is 0 Å². The minimum Gasteiger partial charge on any atom is -0.493 e. The first-order valence-corrected chi connectivity index (χ1v) is 7.99. The second-order valence-electron chi connectivity index (χ2n) is 6.54. The minimum absolute atomic E-state index is 0.167. The van der Waals surface area contributed by atoms with Crippen LogP contribution in [0.3, 0.4) is 0 Å². The van der Waals surface area contributed by atoms with E-state index >= 15 is 0 Å². The first kappa shape index (κ1) is 19.3. The molecule has 2 N–H and O–H groups in total. The predicted octanol–water partition coefficient (Wildman–Crippen LogP) is 2.97. The van der Waals surface area contributed by atoms with Crippen molar-refractivity contribution in [1.29, 1.82) is 0 Å². The van der Waals surface area contributed by atoms with Crippen LogP contribution in [0.5, 0.6) is 17.2 Å². The Morgan fingerprint density at radius 1 is 0.962 bits per heavy atom. The van der Waals surface area contributed by atoms with Crippen molar-refractivity contribution in [2.45, 2.75) is 26.3 Å². The van der Waals surface area contributed by atoms with E-state index in [0.29, 0.717) is 34.4 Å². The molecule has 0 saturated heterocycles. The summed E-state index contributed by atoms with van der Waals surface area (Å²) in [6, 6.07) is 3.30. The van der Waals surface area contributed by atoms with Gasteiger partial charge in [0.05, 0.1) is 26.9 Å². The maximum atomic E-state index is 12.4. The highest BCUT2D eigenvalue weighted by Crippen LogP contribution is 2.39. The molecule has 2 rings (SSSR count). The molecule has 0 atom stereocenters. The number of nitrogens with one attached hydrogen (secondary N) is 2. The van der Waals surface area contributed by atoms with Crippen LogP contribution in [-0.4, -0.2) is 42.7 Å². The third-order valence-electron chi connectivity index (χ3n) is 3.32. The van der Waals surface area contributed by atoms with Gasteiger partial charge in [-0.1, -0.05) is 0 Å². The molecule has 2 aromatic rings. The zero-order valence-corrected chi connectivity index (χ0v) is 15.8. The third-order valence-corrected chi connectivity index (χ3v) is 3.32. The minimum atomic E-state index is -0.346. The smallest absolute Gasteiger partial charge is 0.258 e. The summed E-state index contributed by atoms with van der Waals surface area (Å²) in [5, 5.41) is 5.91. The molecule has 1 aromatic carbocycles. The normalized spacial score (nSPS) is 10.8. The molecule has 8 nitrogen and oxygen atoms in total. The number of methoxy groups -OCH3 is 3. The van der Waals surface area contributed by atoms with Crippen LogP contribution in [-0.2, 0) is 0 Å². The zero-order chi connectivity index (χ0) is 19.3. The summed E-state index contributed by atoms with van der Waals surface area (Å²) in [5.41, 5.74) is 0.666. The quantitative estimate of drug-likeness (QED) is 0.818. The molecular weight excluding hydrogens is 336 g/mol. The molecule has 0 bridgehead atoms. The second kappa shape index (κ2) is 7.90. The fraction of sp³-hybridized carbons (Fsp3) is 0.389. The number of carbonyl (C=O) groups is 1. The molecule has 1 amide bonds. The average molecular weight is 360 g/mol. The van der Waals surface area contributed by atoms with Crippen LogP contribution < -0.4 is 24.8 Å². The van der Waals surface area contributed by atoms with Gasteiger partial charge in [0.1, 0.15) is 0 Å². The van der Waals surface area contributed by atoms with Crippen LogP contribution >= 0.6 is 0 Å². The van der Waals surface area contributed by atoms with E-state index in [-0.39, 0.29) is 11.4 Å². The molecule has 0 radical (unpaired) electrons. The fourth-order valence-electron chi connectivity index (χ4n) is 2.20. The highest BCUT2D eigenvalue weighted by molar-refractivity contribution is 6.04. The fourth-order valence-corrected chi connectivity index (χ4v) is 2.20. The Morgan fingerprint density at radius 3 is 1.92 bits per heavy atom. The lowest BCUT2D eigenvalue weighted by Crippen LogP contribution is -2.27. The highest BCUT2D eigenvalue weighted by Gasteiger charge is 2.16. The first-order chi connectivity index (χ1) is 12.3. The Morgan fingerprint density at radius 2 is 1.50 bits per heavy atom. The molecule has 0 fully saturated rings. The van der Waals surface area contributed by atoms with E-state index < -0.39 is 0 Å². The van der Waals surface area contributed by atoms with Crippen LogP contribution in [0.15, 0.2) is 24.5 Å². The van der Waals surface area contributed by atoms with Gasteiger partial charge in [0, 0.05) is 35.8 Å². The largest absolute Gasteiger partial charge is 0.493 e. The highest BCUT2D eigenvalue weighted by atomic mass is 16.5. The SMILES string of the molecule is COc1cc(NC(=O)c2cnc(NC(C)(C)C)nc2)cc(OC)c1OC. The lowest BCUT2D eigenvalue weighted by molar-refractivity contribution is 0.102. The molecule has 1 aromatic heterocycles. The van der Waals surface area contributed by atoms with Crippen LogP contribution in [0.25, 0.3) is 0 Å². The van der Waals surface area contributed by atoms with Crippen molar-refractivity contribution >= 4 is 17.5 Å². The lowest BCUT2D eigenvalue weighted by Gasteiger charge is -2.20. The summed E-state index contributed by atoms with van der Waals surface area (Å²) in [7, 11) is 4.54. The van der Waals surface area contributed by atoms with E-state index in [1.54, 1.807) is 12.1 Å². The van der Waals surface area contributed by atoms with E-state index in [4.69, 9.17) is 14.2 Å². The predicted molar refractivity (Wildman–Crippen MR) is 99.5 cm³/mol. The molecule has 0 aliphatic heterocycles. The molecule has 1 heterocycles. The van der Waals surface area contributed by atoms with Gasteiger partial charge in [0.2, 0.25) is 11.7 Å².